The fourth-order valence-corrected chi connectivity index (χ4v) is 4.45. The van der Waals surface area contributed by atoms with E-state index in [-0.39, 0.29) is 17.4 Å². The lowest BCUT2D eigenvalue weighted by Gasteiger charge is -2.35. The molecule has 0 saturated carbocycles. The van der Waals surface area contributed by atoms with E-state index in [2.05, 4.69) is 6.92 Å². The molecule has 1 aliphatic rings. The van der Waals surface area contributed by atoms with Crippen molar-refractivity contribution < 1.29 is 18.3 Å². The van der Waals surface area contributed by atoms with Crippen LogP contribution in [0, 0.1) is 5.92 Å². The topological polar surface area (TPSA) is 74.7 Å². The van der Waals surface area contributed by atoms with Gasteiger partial charge in [-0.1, -0.05) is 19.1 Å². The van der Waals surface area contributed by atoms with Gasteiger partial charge in [-0.3, -0.25) is 4.79 Å². The van der Waals surface area contributed by atoms with Gasteiger partial charge in [0, 0.05) is 12.6 Å². The molecule has 1 N–H and O–H groups in total. The standard InChI is InChI=1S/C15H21NO4S/c1-11-3-4-12(2)16(10-11)21(19,20)14-7-5-13(6-8-14)9-15(17)18/h5-8,11-12H,3-4,9-10H2,1-2H3,(H,17,18). The van der Waals surface area contributed by atoms with Gasteiger partial charge in [0.2, 0.25) is 10.0 Å². The summed E-state index contributed by atoms with van der Waals surface area (Å²) in [6.07, 6.45) is 1.82. The van der Waals surface area contributed by atoms with Crippen LogP contribution in [0.2, 0.25) is 0 Å². The van der Waals surface area contributed by atoms with Crippen molar-refractivity contribution in [3.05, 3.63) is 29.8 Å². The van der Waals surface area contributed by atoms with Crippen molar-refractivity contribution in [3.8, 4) is 0 Å². The molecule has 0 spiro atoms. The summed E-state index contributed by atoms with van der Waals surface area (Å²) in [5, 5.41) is 8.74. The zero-order valence-corrected chi connectivity index (χ0v) is 13.1. The molecule has 0 bridgehead atoms. The van der Waals surface area contributed by atoms with Crippen LogP contribution in [0.5, 0.6) is 0 Å². The lowest BCUT2D eigenvalue weighted by Crippen LogP contribution is -2.44. The number of sulfonamides is 1. The Bertz CT molecular complexity index is 609. The number of benzene rings is 1. The maximum absolute atomic E-state index is 12.7. The predicted octanol–water partition coefficient (Wildman–Crippen LogP) is 2.12. The fraction of sp³-hybridized carbons (Fsp3) is 0.533. The number of carboxylic acids is 1. The van der Waals surface area contributed by atoms with E-state index in [1.807, 2.05) is 6.92 Å². The molecule has 0 amide bonds. The monoisotopic (exact) mass is 311 g/mol. The number of hydrogen-bond donors (Lipinski definition) is 1. The fourth-order valence-electron chi connectivity index (χ4n) is 2.67. The highest BCUT2D eigenvalue weighted by Gasteiger charge is 2.33. The summed E-state index contributed by atoms with van der Waals surface area (Å²) in [5.74, 6) is -0.564. The maximum Gasteiger partial charge on any atom is 0.307 e. The molecule has 1 saturated heterocycles. The van der Waals surface area contributed by atoms with E-state index >= 15 is 0 Å². The van der Waals surface area contributed by atoms with Gasteiger partial charge in [-0.05, 0) is 43.4 Å². The summed E-state index contributed by atoms with van der Waals surface area (Å²) in [5.41, 5.74) is 0.599. The Morgan fingerprint density at radius 3 is 2.43 bits per heavy atom. The number of rotatable bonds is 4. The molecule has 2 unspecified atom stereocenters. The number of aliphatic carboxylic acids is 1. The molecule has 1 aromatic rings. The van der Waals surface area contributed by atoms with Crippen LogP contribution in [0.15, 0.2) is 29.2 Å². The summed E-state index contributed by atoms with van der Waals surface area (Å²) in [6, 6.07) is 6.14. The molecule has 116 valence electrons. The highest BCUT2D eigenvalue weighted by molar-refractivity contribution is 7.89. The zero-order valence-electron chi connectivity index (χ0n) is 12.3. The van der Waals surface area contributed by atoms with Crippen molar-refractivity contribution in [1.82, 2.24) is 4.31 Å². The molecule has 0 aromatic heterocycles. The average molecular weight is 311 g/mol. The summed E-state index contributed by atoms with van der Waals surface area (Å²) < 4.78 is 26.9. The van der Waals surface area contributed by atoms with Gasteiger partial charge in [-0.25, -0.2) is 8.42 Å². The lowest BCUT2D eigenvalue weighted by atomic mass is 9.97. The van der Waals surface area contributed by atoms with Crippen LogP contribution in [0.25, 0.3) is 0 Å². The molecule has 1 aliphatic heterocycles. The normalized spacial score (nSPS) is 23.9. The van der Waals surface area contributed by atoms with Gasteiger partial charge in [0.15, 0.2) is 0 Å². The SMILES string of the molecule is CC1CCC(C)N(S(=O)(=O)c2ccc(CC(=O)O)cc2)C1. The third-order valence-electron chi connectivity index (χ3n) is 3.95. The van der Waals surface area contributed by atoms with Crippen LogP contribution in [0.4, 0.5) is 0 Å². The lowest BCUT2D eigenvalue weighted by molar-refractivity contribution is -0.136. The number of piperidine rings is 1. The third kappa shape index (κ3) is 3.63. The third-order valence-corrected chi connectivity index (χ3v) is 5.94. The molecule has 6 heteroatoms. The Morgan fingerprint density at radius 1 is 1.24 bits per heavy atom. The molecule has 5 nitrogen and oxygen atoms in total. The van der Waals surface area contributed by atoms with E-state index in [1.54, 1.807) is 16.4 Å². The second-order valence-corrected chi connectivity index (χ2v) is 7.71. The van der Waals surface area contributed by atoms with E-state index in [1.165, 1.54) is 12.1 Å². The first-order valence-electron chi connectivity index (χ1n) is 7.13. The van der Waals surface area contributed by atoms with Gasteiger partial charge in [-0.15, -0.1) is 0 Å². The van der Waals surface area contributed by atoms with Crippen LogP contribution in [-0.2, 0) is 21.2 Å². The first kappa shape index (κ1) is 16.0. The Morgan fingerprint density at radius 2 is 1.86 bits per heavy atom. The summed E-state index contributed by atoms with van der Waals surface area (Å²) >= 11 is 0. The number of carbonyl (C=O) groups is 1. The van der Waals surface area contributed by atoms with E-state index < -0.39 is 16.0 Å². The molecule has 2 rings (SSSR count). The first-order chi connectivity index (χ1) is 9.80. The van der Waals surface area contributed by atoms with Gasteiger partial charge in [0.05, 0.1) is 11.3 Å². The molecule has 2 atom stereocenters. The predicted molar refractivity (Wildman–Crippen MR) is 79.5 cm³/mol. The van der Waals surface area contributed by atoms with Crippen molar-refractivity contribution in [1.29, 1.82) is 0 Å². The van der Waals surface area contributed by atoms with E-state index in [4.69, 9.17) is 5.11 Å². The minimum Gasteiger partial charge on any atom is -0.481 e. The number of nitrogens with zero attached hydrogens (tertiary/aromatic N) is 1. The van der Waals surface area contributed by atoms with Gasteiger partial charge in [0.25, 0.3) is 0 Å². The number of hydrogen-bond acceptors (Lipinski definition) is 3. The van der Waals surface area contributed by atoms with Crippen molar-refractivity contribution in [2.75, 3.05) is 6.54 Å². The first-order valence-corrected chi connectivity index (χ1v) is 8.57. The van der Waals surface area contributed by atoms with Gasteiger partial charge >= 0.3 is 5.97 Å². The highest BCUT2D eigenvalue weighted by atomic mass is 32.2. The number of carboxylic acid groups (broad SMARTS) is 1. The second-order valence-electron chi connectivity index (χ2n) is 5.82. The minimum absolute atomic E-state index is 0.00453. The smallest absolute Gasteiger partial charge is 0.307 e. The van der Waals surface area contributed by atoms with Gasteiger partial charge < -0.3 is 5.11 Å². The van der Waals surface area contributed by atoms with Crippen LogP contribution in [-0.4, -0.2) is 36.4 Å². The van der Waals surface area contributed by atoms with Gasteiger partial charge in [0.1, 0.15) is 0 Å². The Balaban J connectivity index is 2.24. The minimum atomic E-state index is -3.50. The average Bonchev–Trinajstić information content (AvgIpc) is 2.41. The molecular formula is C15H21NO4S. The molecule has 1 fully saturated rings. The van der Waals surface area contributed by atoms with Crippen LogP contribution in [0.3, 0.4) is 0 Å². The summed E-state index contributed by atoms with van der Waals surface area (Å²) in [4.78, 5) is 10.9. The van der Waals surface area contributed by atoms with Crippen LogP contribution in [0.1, 0.15) is 32.3 Å². The Labute approximate surface area is 125 Å². The highest BCUT2D eigenvalue weighted by Crippen LogP contribution is 2.27. The molecular weight excluding hydrogens is 290 g/mol. The van der Waals surface area contributed by atoms with E-state index in [9.17, 15) is 13.2 Å². The summed E-state index contributed by atoms with van der Waals surface area (Å²) in [7, 11) is -3.50. The Hall–Kier alpha value is -1.40. The maximum atomic E-state index is 12.7. The largest absolute Gasteiger partial charge is 0.481 e. The van der Waals surface area contributed by atoms with Crippen molar-refractivity contribution in [2.24, 2.45) is 5.92 Å². The van der Waals surface area contributed by atoms with Crippen molar-refractivity contribution in [3.63, 3.8) is 0 Å². The Kier molecular flexibility index (Phi) is 4.68. The quantitative estimate of drug-likeness (QED) is 0.924. The van der Waals surface area contributed by atoms with E-state index in [0.717, 1.165) is 12.8 Å². The van der Waals surface area contributed by atoms with Gasteiger partial charge in [-0.2, -0.15) is 4.31 Å². The van der Waals surface area contributed by atoms with E-state index in [0.29, 0.717) is 18.0 Å². The van der Waals surface area contributed by atoms with Crippen LogP contribution >= 0.6 is 0 Å². The van der Waals surface area contributed by atoms with Crippen LogP contribution < -0.4 is 0 Å². The molecule has 21 heavy (non-hydrogen) atoms. The molecule has 1 heterocycles. The summed E-state index contributed by atoms with van der Waals surface area (Å²) in [6.45, 7) is 4.53. The zero-order chi connectivity index (χ0) is 15.6. The molecule has 1 aromatic carbocycles. The van der Waals surface area contributed by atoms with Crippen molar-refractivity contribution >= 4 is 16.0 Å². The van der Waals surface area contributed by atoms with Crippen molar-refractivity contribution in [2.45, 2.75) is 44.0 Å². The second kappa shape index (κ2) is 6.15. The molecule has 0 aliphatic carbocycles. The molecule has 0 radical (unpaired) electrons.